The van der Waals surface area contributed by atoms with Gasteiger partial charge in [-0.1, -0.05) is 0 Å². The average Bonchev–Trinajstić information content (AvgIpc) is 2.15. The van der Waals surface area contributed by atoms with Crippen LogP contribution in [0.1, 0.15) is 39.5 Å². The van der Waals surface area contributed by atoms with Crippen molar-refractivity contribution in [2.24, 2.45) is 11.8 Å². The molecule has 13 heavy (non-hydrogen) atoms. The van der Waals surface area contributed by atoms with Gasteiger partial charge in [-0.05, 0) is 51.4 Å². The first-order valence-electron chi connectivity index (χ1n) is 5.44. The van der Waals surface area contributed by atoms with Crippen LogP contribution >= 0.6 is 0 Å². The van der Waals surface area contributed by atoms with Crippen LogP contribution in [-0.2, 0) is 4.74 Å². The predicted octanol–water partition coefficient (Wildman–Crippen LogP) is 2.21. The number of rotatable bonds is 4. The minimum Gasteiger partial charge on any atom is -0.396 e. The maximum atomic E-state index is 8.96. The molecule has 0 aromatic heterocycles. The van der Waals surface area contributed by atoms with Crippen LogP contribution in [0.4, 0.5) is 0 Å². The molecule has 0 aromatic carbocycles. The van der Waals surface area contributed by atoms with Crippen LogP contribution in [0.5, 0.6) is 0 Å². The number of ether oxygens (including phenoxy) is 1. The monoisotopic (exact) mass is 186 g/mol. The van der Waals surface area contributed by atoms with Gasteiger partial charge < -0.3 is 9.84 Å². The zero-order valence-electron chi connectivity index (χ0n) is 8.83. The molecular weight excluding hydrogens is 164 g/mol. The Kier molecular flexibility index (Phi) is 4.74. The van der Waals surface area contributed by atoms with Crippen molar-refractivity contribution in [3.05, 3.63) is 0 Å². The molecule has 0 heterocycles. The Labute approximate surface area is 81.3 Å². The van der Waals surface area contributed by atoms with Gasteiger partial charge in [-0.3, -0.25) is 0 Å². The first-order chi connectivity index (χ1) is 6.22. The molecule has 1 saturated carbocycles. The fourth-order valence-electron chi connectivity index (χ4n) is 1.91. The van der Waals surface area contributed by atoms with E-state index in [-0.39, 0.29) is 0 Å². The second kappa shape index (κ2) is 5.61. The molecule has 1 N–H and O–H groups in total. The Morgan fingerprint density at radius 1 is 1.15 bits per heavy atom. The van der Waals surface area contributed by atoms with Crippen LogP contribution in [0, 0.1) is 11.8 Å². The van der Waals surface area contributed by atoms with E-state index < -0.39 is 0 Å². The molecule has 0 aliphatic heterocycles. The van der Waals surface area contributed by atoms with Crippen LogP contribution in [0.2, 0.25) is 0 Å². The van der Waals surface area contributed by atoms with E-state index in [1.165, 1.54) is 25.7 Å². The van der Waals surface area contributed by atoms with Gasteiger partial charge in [0.25, 0.3) is 0 Å². The Balaban J connectivity index is 2.10. The Hall–Kier alpha value is -0.0800. The molecule has 0 radical (unpaired) electrons. The highest BCUT2D eigenvalue weighted by atomic mass is 16.5. The number of aliphatic hydroxyl groups excluding tert-OH is 1. The third-order valence-corrected chi connectivity index (χ3v) is 2.89. The molecule has 2 heteroatoms. The minimum absolute atomic E-state index is 0.357. The standard InChI is InChI=1S/C11H22O2/c1-9(2)13-8-11-5-3-10(7-12)4-6-11/h9-12H,3-8H2,1-2H3. The van der Waals surface area contributed by atoms with Crippen LogP contribution < -0.4 is 0 Å². The summed E-state index contributed by atoms with van der Waals surface area (Å²) in [6, 6.07) is 0. The highest BCUT2D eigenvalue weighted by Gasteiger charge is 2.20. The molecule has 1 aliphatic carbocycles. The largest absolute Gasteiger partial charge is 0.396 e. The third-order valence-electron chi connectivity index (χ3n) is 2.89. The summed E-state index contributed by atoms with van der Waals surface area (Å²) in [7, 11) is 0. The van der Waals surface area contributed by atoms with E-state index in [9.17, 15) is 0 Å². The Morgan fingerprint density at radius 2 is 1.69 bits per heavy atom. The summed E-state index contributed by atoms with van der Waals surface area (Å²) in [4.78, 5) is 0. The predicted molar refractivity (Wildman–Crippen MR) is 53.6 cm³/mol. The Morgan fingerprint density at radius 3 is 2.15 bits per heavy atom. The lowest BCUT2D eigenvalue weighted by Crippen LogP contribution is -2.21. The van der Waals surface area contributed by atoms with E-state index in [0.29, 0.717) is 18.6 Å². The summed E-state index contributed by atoms with van der Waals surface area (Å²) in [6.07, 6.45) is 5.19. The van der Waals surface area contributed by atoms with Crippen molar-refractivity contribution in [3.8, 4) is 0 Å². The summed E-state index contributed by atoms with van der Waals surface area (Å²) in [5.41, 5.74) is 0. The molecule has 0 amide bonds. The van der Waals surface area contributed by atoms with Gasteiger partial charge in [0.1, 0.15) is 0 Å². The molecule has 0 bridgehead atoms. The highest BCUT2D eigenvalue weighted by Crippen LogP contribution is 2.28. The van der Waals surface area contributed by atoms with E-state index in [1.54, 1.807) is 0 Å². The van der Waals surface area contributed by atoms with E-state index >= 15 is 0 Å². The average molecular weight is 186 g/mol. The van der Waals surface area contributed by atoms with Crippen LogP contribution in [0.25, 0.3) is 0 Å². The lowest BCUT2D eigenvalue weighted by atomic mass is 9.83. The quantitative estimate of drug-likeness (QED) is 0.729. The molecule has 1 fully saturated rings. The molecule has 0 aromatic rings. The molecule has 78 valence electrons. The highest BCUT2D eigenvalue weighted by molar-refractivity contribution is 4.71. The fraction of sp³-hybridized carbons (Fsp3) is 1.00. The van der Waals surface area contributed by atoms with Gasteiger partial charge in [0.05, 0.1) is 6.10 Å². The van der Waals surface area contributed by atoms with Gasteiger partial charge in [-0.15, -0.1) is 0 Å². The molecular formula is C11H22O2. The van der Waals surface area contributed by atoms with E-state index in [0.717, 1.165) is 12.5 Å². The first-order valence-corrected chi connectivity index (χ1v) is 5.44. The van der Waals surface area contributed by atoms with E-state index in [1.807, 2.05) is 0 Å². The van der Waals surface area contributed by atoms with Gasteiger partial charge in [0.15, 0.2) is 0 Å². The molecule has 0 spiro atoms. The van der Waals surface area contributed by atoms with Gasteiger partial charge in [-0.2, -0.15) is 0 Å². The minimum atomic E-state index is 0.357. The number of aliphatic hydroxyl groups is 1. The van der Waals surface area contributed by atoms with Crippen LogP contribution in [-0.4, -0.2) is 24.4 Å². The van der Waals surface area contributed by atoms with Gasteiger partial charge in [0.2, 0.25) is 0 Å². The zero-order chi connectivity index (χ0) is 9.68. The van der Waals surface area contributed by atoms with Crippen molar-refractivity contribution in [1.82, 2.24) is 0 Å². The van der Waals surface area contributed by atoms with Crippen LogP contribution in [0.15, 0.2) is 0 Å². The SMILES string of the molecule is CC(C)OCC1CCC(CO)CC1. The lowest BCUT2D eigenvalue weighted by molar-refractivity contribution is 0.0326. The van der Waals surface area contributed by atoms with E-state index in [4.69, 9.17) is 9.84 Å². The molecule has 0 saturated heterocycles. The molecule has 2 nitrogen and oxygen atoms in total. The summed E-state index contributed by atoms with van der Waals surface area (Å²) in [5.74, 6) is 1.31. The topological polar surface area (TPSA) is 29.5 Å². The lowest BCUT2D eigenvalue weighted by Gasteiger charge is -2.27. The van der Waals surface area contributed by atoms with Gasteiger partial charge >= 0.3 is 0 Å². The van der Waals surface area contributed by atoms with Crippen molar-refractivity contribution in [2.45, 2.75) is 45.6 Å². The second-order valence-electron chi connectivity index (χ2n) is 4.45. The van der Waals surface area contributed by atoms with Crippen molar-refractivity contribution < 1.29 is 9.84 Å². The van der Waals surface area contributed by atoms with Crippen molar-refractivity contribution in [1.29, 1.82) is 0 Å². The van der Waals surface area contributed by atoms with Crippen molar-refractivity contribution >= 4 is 0 Å². The van der Waals surface area contributed by atoms with Crippen molar-refractivity contribution in [3.63, 3.8) is 0 Å². The van der Waals surface area contributed by atoms with Gasteiger partial charge in [0, 0.05) is 13.2 Å². The molecule has 1 rings (SSSR count). The Bertz CT molecular complexity index is 126. The third kappa shape index (κ3) is 4.10. The maximum Gasteiger partial charge on any atom is 0.0519 e. The fourth-order valence-corrected chi connectivity index (χ4v) is 1.91. The van der Waals surface area contributed by atoms with Crippen LogP contribution in [0.3, 0.4) is 0 Å². The molecule has 1 aliphatic rings. The summed E-state index contributed by atoms with van der Waals surface area (Å²) < 4.78 is 5.59. The maximum absolute atomic E-state index is 8.96. The van der Waals surface area contributed by atoms with E-state index in [2.05, 4.69) is 13.8 Å². The van der Waals surface area contributed by atoms with Crippen molar-refractivity contribution in [2.75, 3.05) is 13.2 Å². The molecule has 0 atom stereocenters. The zero-order valence-corrected chi connectivity index (χ0v) is 8.83. The number of hydrogen-bond donors (Lipinski definition) is 1. The van der Waals surface area contributed by atoms with Gasteiger partial charge in [-0.25, -0.2) is 0 Å². The summed E-state index contributed by atoms with van der Waals surface area (Å²) in [5, 5.41) is 8.96. The first kappa shape index (κ1) is 11.0. The summed E-state index contributed by atoms with van der Waals surface area (Å²) in [6.45, 7) is 5.45. The smallest absolute Gasteiger partial charge is 0.0519 e. The summed E-state index contributed by atoms with van der Waals surface area (Å²) >= 11 is 0. The molecule has 0 unspecified atom stereocenters. The normalized spacial score (nSPS) is 29.5. The number of hydrogen-bond acceptors (Lipinski definition) is 2. The second-order valence-corrected chi connectivity index (χ2v) is 4.45.